The molecule has 0 aromatic heterocycles. The van der Waals surface area contributed by atoms with Gasteiger partial charge in [-0.05, 0) is 24.6 Å². The van der Waals surface area contributed by atoms with Crippen LogP contribution < -0.4 is 0 Å². The first-order valence-corrected chi connectivity index (χ1v) is 5.57. The van der Waals surface area contributed by atoms with E-state index in [1.165, 1.54) is 5.56 Å². The maximum atomic E-state index is 10.7. The number of nitrogens with zero attached hydrogens (tertiary/aromatic N) is 2. The molecule has 0 aliphatic heterocycles. The number of benzene rings is 1. The van der Waals surface area contributed by atoms with Crippen LogP contribution in [-0.4, -0.2) is 17.9 Å². The van der Waals surface area contributed by atoms with E-state index < -0.39 is 0 Å². The lowest BCUT2D eigenvalue weighted by molar-refractivity contribution is 0.568. The van der Waals surface area contributed by atoms with Crippen LogP contribution in [0.25, 0.3) is 0 Å². The highest BCUT2D eigenvalue weighted by Crippen LogP contribution is 2.05. The Hall–Kier alpha value is -2.51. The van der Waals surface area contributed by atoms with E-state index in [2.05, 4.69) is 10.2 Å². The molecule has 1 aromatic carbocycles. The summed E-state index contributed by atoms with van der Waals surface area (Å²) in [5, 5.41) is 7.97. The highest BCUT2D eigenvalue weighted by atomic mass is 16.1. The molecule has 1 aliphatic rings. The summed E-state index contributed by atoms with van der Waals surface area (Å²) in [6, 6.07) is 7.95. The van der Waals surface area contributed by atoms with Crippen molar-refractivity contribution in [2.24, 2.45) is 10.2 Å². The van der Waals surface area contributed by atoms with E-state index in [1.54, 1.807) is 30.5 Å². The first-order valence-electron chi connectivity index (χ1n) is 5.57. The maximum Gasteiger partial charge on any atom is 0.134 e. The zero-order chi connectivity index (χ0) is 12.8. The van der Waals surface area contributed by atoms with Gasteiger partial charge < -0.3 is 0 Å². The quantitative estimate of drug-likeness (QED) is 0.442. The molecule has 0 saturated carbocycles. The lowest BCUT2D eigenvalue weighted by Crippen LogP contribution is -1.99. The van der Waals surface area contributed by atoms with Crippen LogP contribution in [0.3, 0.4) is 0 Å². The molecule has 1 aliphatic carbocycles. The molecule has 0 radical (unpaired) electrons. The second-order valence-corrected chi connectivity index (χ2v) is 3.87. The van der Waals surface area contributed by atoms with Gasteiger partial charge in [-0.15, -0.1) is 5.10 Å². The first-order chi connectivity index (χ1) is 8.79. The van der Waals surface area contributed by atoms with Crippen LogP contribution in [0.5, 0.6) is 0 Å². The molecule has 3 heteroatoms. The molecule has 0 amide bonds. The summed E-state index contributed by atoms with van der Waals surface area (Å²) >= 11 is 0. The van der Waals surface area contributed by atoms with Gasteiger partial charge in [-0.2, -0.15) is 5.10 Å². The molecule has 1 aromatic rings. The summed E-state index contributed by atoms with van der Waals surface area (Å²) in [4.78, 5) is 10.7. The summed E-state index contributed by atoms with van der Waals surface area (Å²) < 4.78 is 0. The fraction of sp³-hybridized carbons (Fsp3) is 0.0667. The van der Waals surface area contributed by atoms with E-state index in [4.69, 9.17) is 0 Å². The Morgan fingerprint density at radius 3 is 2.56 bits per heavy atom. The fourth-order valence-corrected chi connectivity index (χ4v) is 1.46. The molecule has 0 saturated heterocycles. The molecule has 0 atom stereocenters. The Bertz CT molecular complexity index is 598. The van der Waals surface area contributed by atoms with Crippen molar-refractivity contribution in [3.63, 3.8) is 0 Å². The van der Waals surface area contributed by atoms with Crippen molar-refractivity contribution in [1.29, 1.82) is 0 Å². The number of hydrogen-bond acceptors (Lipinski definition) is 3. The van der Waals surface area contributed by atoms with Crippen molar-refractivity contribution in [3.8, 4) is 0 Å². The molecule has 0 bridgehead atoms. The molecular weight excluding hydrogens is 224 g/mol. The Morgan fingerprint density at radius 2 is 1.83 bits per heavy atom. The summed E-state index contributed by atoms with van der Waals surface area (Å²) in [5.41, 5.74) is 3.11. The Labute approximate surface area is 106 Å². The van der Waals surface area contributed by atoms with Gasteiger partial charge in [0.15, 0.2) is 0 Å². The highest BCUT2D eigenvalue weighted by molar-refractivity contribution is 6.16. The minimum Gasteiger partial charge on any atom is -0.233 e. The third-order valence-electron chi connectivity index (χ3n) is 2.46. The van der Waals surface area contributed by atoms with Crippen LogP contribution in [0.2, 0.25) is 0 Å². The average Bonchev–Trinajstić information content (AvgIpc) is 2.41. The predicted molar refractivity (Wildman–Crippen MR) is 73.7 cm³/mol. The van der Waals surface area contributed by atoms with Crippen LogP contribution in [-0.2, 0) is 4.79 Å². The van der Waals surface area contributed by atoms with Crippen molar-refractivity contribution in [3.05, 3.63) is 65.3 Å². The van der Waals surface area contributed by atoms with Crippen LogP contribution >= 0.6 is 0 Å². The van der Waals surface area contributed by atoms with Crippen molar-refractivity contribution >= 4 is 17.9 Å². The Morgan fingerprint density at radius 1 is 1.11 bits per heavy atom. The van der Waals surface area contributed by atoms with Crippen molar-refractivity contribution in [1.82, 2.24) is 0 Å². The zero-order valence-corrected chi connectivity index (χ0v) is 10.00. The predicted octanol–water partition coefficient (Wildman–Crippen LogP) is 2.65. The lowest BCUT2D eigenvalue weighted by atomic mass is 10.1. The van der Waals surface area contributed by atoms with E-state index in [0.717, 1.165) is 5.56 Å². The molecular formula is C15H12N2O. The second-order valence-electron chi connectivity index (χ2n) is 3.87. The smallest absolute Gasteiger partial charge is 0.134 e. The molecule has 18 heavy (non-hydrogen) atoms. The Balaban J connectivity index is 2.15. The number of hydrogen-bond donors (Lipinski definition) is 0. The summed E-state index contributed by atoms with van der Waals surface area (Å²) in [7, 11) is 0. The van der Waals surface area contributed by atoms with E-state index in [-0.39, 0.29) is 0 Å². The van der Waals surface area contributed by atoms with Gasteiger partial charge >= 0.3 is 0 Å². The minimum atomic E-state index is 0.415. The second kappa shape index (κ2) is 5.71. The molecule has 2 rings (SSSR count). The molecule has 0 heterocycles. The zero-order valence-electron chi connectivity index (χ0n) is 10.00. The van der Waals surface area contributed by atoms with Gasteiger partial charge in [-0.25, -0.2) is 4.79 Å². The number of rotatable bonds is 2. The van der Waals surface area contributed by atoms with Crippen molar-refractivity contribution < 1.29 is 4.79 Å². The third kappa shape index (κ3) is 3.00. The van der Waals surface area contributed by atoms with Gasteiger partial charge in [0, 0.05) is 0 Å². The first kappa shape index (κ1) is 12.0. The number of allylic oxidation sites excluding steroid dienone is 5. The topological polar surface area (TPSA) is 41.8 Å². The normalized spacial score (nSPS) is 16.5. The van der Waals surface area contributed by atoms with E-state index in [1.807, 2.05) is 37.1 Å². The minimum absolute atomic E-state index is 0.415. The average molecular weight is 236 g/mol. The van der Waals surface area contributed by atoms with Gasteiger partial charge in [0.2, 0.25) is 0 Å². The summed E-state index contributed by atoms with van der Waals surface area (Å²) in [6.07, 6.45) is 8.62. The van der Waals surface area contributed by atoms with Crippen LogP contribution in [0, 0.1) is 6.92 Å². The number of aryl methyl sites for hydroxylation is 1. The van der Waals surface area contributed by atoms with Crippen LogP contribution in [0.1, 0.15) is 11.1 Å². The van der Waals surface area contributed by atoms with Gasteiger partial charge in [0.1, 0.15) is 11.7 Å². The molecule has 3 nitrogen and oxygen atoms in total. The van der Waals surface area contributed by atoms with E-state index >= 15 is 0 Å². The molecule has 0 N–H and O–H groups in total. The van der Waals surface area contributed by atoms with Crippen LogP contribution in [0.4, 0.5) is 0 Å². The van der Waals surface area contributed by atoms with Gasteiger partial charge in [-0.3, -0.25) is 0 Å². The summed E-state index contributed by atoms with van der Waals surface area (Å²) in [6.45, 7) is 2.03. The maximum absolute atomic E-state index is 10.7. The van der Waals surface area contributed by atoms with Crippen LogP contribution in [0.15, 0.2) is 64.3 Å². The summed E-state index contributed by atoms with van der Waals surface area (Å²) in [5.74, 6) is 1.83. The van der Waals surface area contributed by atoms with E-state index in [0.29, 0.717) is 11.3 Å². The standard InChI is InChI=1S/C15H12N2O/c1-12-6-8-13(9-7-12)10-16-17-15-5-3-2-4-14(15)11-18/h2-10H,1H3/b16-10-,17-15-. The van der Waals surface area contributed by atoms with E-state index in [9.17, 15) is 4.79 Å². The van der Waals surface area contributed by atoms with Crippen molar-refractivity contribution in [2.75, 3.05) is 0 Å². The molecule has 88 valence electrons. The third-order valence-corrected chi connectivity index (χ3v) is 2.46. The largest absolute Gasteiger partial charge is 0.233 e. The molecule has 0 unspecified atom stereocenters. The van der Waals surface area contributed by atoms with Crippen molar-refractivity contribution in [2.45, 2.75) is 6.92 Å². The number of carbonyl (C=O) groups excluding carboxylic acids is 1. The highest BCUT2D eigenvalue weighted by Gasteiger charge is 2.03. The Kier molecular flexibility index (Phi) is 3.79. The SMILES string of the molecule is Cc1ccc(/C=N\N=C2\C=CC=CC2=C=O)cc1. The van der Waals surface area contributed by atoms with Gasteiger partial charge in [0.05, 0.1) is 11.8 Å². The molecule has 0 fully saturated rings. The van der Waals surface area contributed by atoms with Gasteiger partial charge in [0.25, 0.3) is 0 Å². The molecule has 0 spiro atoms. The monoisotopic (exact) mass is 236 g/mol. The fourth-order valence-electron chi connectivity index (χ4n) is 1.46. The van der Waals surface area contributed by atoms with Gasteiger partial charge in [-0.1, -0.05) is 42.0 Å². The lowest BCUT2D eigenvalue weighted by Gasteiger charge is -1.99.